The summed E-state index contributed by atoms with van der Waals surface area (Å²) in [5, 5.41) is 2.25. The van der Waals surface area contributed by atoms with Gasteiger partial charge in [-0.2, -0.15) is 9.69 Å². The van der Waals surface area contributed by atoms with Crippen molar-refractivity contribution in [1.82, 2.24) is 9.66 Å². The monoisotopic (exact) mass is 440 g/mol. The molecule has 0 unspecified atom stereocenters. The lowest BCUT2D eigenvalue weighted by molar-refractivity contribution is -0.115. The van der Waals surface area contributed by atoms with Crippen molar-refractivity contribution in [2.24, 2.45) is 4.99 Å². The number of fused-ring (bicyclic) bond motifs is 1. The van der Waals surface area contributed by atoms with Crippen LogP contribution in [-0.2, 0) is 4.79 Å². The van der Waals surface area contributed by atoms with Crippen LogP contribution in [0.4, 0.5) is 0 Å². The first kappa shape index (κ1) is 19.9. The van der Waals surface area contributed by atoms with Crippen molar-refractivity contribution in [3.8, 4) is 11.4 Å². The molecule has 32 heavy (non-hydrogen) atoms. The van der Waals surface area contributed by atoms with E-state index in [-0.39, 0.29) is 11.3 Å². The third kappa shape index (κ3) is 3.40. The maximum absolute atomic E-state index is 13.5. The van der Waals surface area contributed by atoms with Gasteiger partial charge < -0.3 is 0 Å². The quantitative estimate of drug-likeness (QED) is 0.435. The number of para-hydroxylation sites is 1. The van der Waals surface area contributed by atoms with Gasteiger partial charge in [0.1, 0.15) is 11.5 Å². The Morgan fingerprint density at radius 3 is 2.44 bits per heavy atom. The van der Waals surface area contributed by atoms with E-state index in [1.165, 1.54) is 9.69 Å². The highest BCUT2D eigenvalue weighted by Gasteiger charge is 2.32. The molecule has 0 N–H and O–H groups in total. The number of aliphatic imine (C=N–C) groups is 1. The molecule has 156 valence electrons. The summed E-state index contributed by atoms with van der Waals surface area (Å²) in [7, 11) is 0. The van der Waals surface area contributed by atoms with E-state index in [1.807, 2.05) is 42.5 Å². The van der Waals surface area contributed by atoms with Gasteiger partial charge in [-0.1, -0.05) is 66.2 Å². The zero-order valence-corrected chi connectivity index (χ0v) is 17.8. The Kier molecular flexibility index (Phi) is 4.92. The van der Waals surface area contributed by atoms with Gasteiger partial charge >= 0.3 is 0 Å². The van der Waals surface area contributed by atoms with Gasteiger partial charge in [-0.05, 0) is 42.8 Å². The van der Waals surface area contributed by atoms with Gasteiger partial charge in [-0.25, -0.2) is 9.98 Å². The SMILES string of the molecule is CC1=NC(=Cc2cccc(Cl)c2)C(=O)N1n1c(-c2ccccc2)nc2ccccc2c1=O. The highest BCUT2D eigenvalue weighted by atomic mass is 35.5. The van der Waals surface area contributed by atoms with Gasteiger partial charge in [0, 0.05) is 10.6 Å². The molecule has 5 rings (SSSR count). The van der Waals surface area contributed by atoms with Crippen molar-refractivity contribution in [2.45, 2.75) is 6.92 Å². The number of rotatable bonds is 3. The second kappa shape index (κ2) is 7.90. The average Bonchev–Trinajstić information content (AvgIpc) is 3.07. The summed E-state index contributed by atoms with van der Waals surface area (Å²) in [6, 6.07) is 23.5. The first-order valence-corrected chi connectivity index (χ1v) is 10.4. The fraction of sp³-hybridized carbons (Fsp3) is 0.0400. The molecule has 0 bridgehead atoms. The number of amides is 1. The van der Waals surface area contributed by atoms with Gasteiger partial charge in [0.15, 0.2) is 5.82 Å². The van der Waals surface area contributed by atoms with Gasteiger partial charge in [0.25, 0.3) is 11.5 Å². The largest absolute Gasteiger partial charge is 0.297 e. The lowest BCUT2D eigenvalue weighted by Crippen LogP contribution is -2.47. The van der Waals surface area contributed by atoms with Crippen LogP contribution in [-0.4, -0.2) is 21.4 Å². The van der Waals surface area contributed by atoms with E-state index in [0.29, 0.717) is 33.1 Å². The van der Waals surface area contributed by atoms with E-state index in [0.717, 1.165) is 5.56 Å². The molecule has 7 heteroatoms. The van der Waals surface area contributed by atoms with Crippen LogP contribution in [0.1, 0.15) is 12.5 Å². The van der Waals surface area contributed by atoms with Crippen molar-refractivity contribution in [2.75, 3.05) is 5.01 Å². The molecule has 0 saturated carbocycles. The lowest BCUT2D eigenvalue weighted by Gasteiger charge is -2.22. The zero-order valence-electron chi connectivity index (χ0n) is 17.1. The van der Waals surface area contributed by atoms with E-state index < -0.39 is 5.91 Å². The van der Waals surface area contributed by atoms with Crippen LogP contribution in [0.3, 0.4) is 0 Å². The number of aromatic nitrogens is 2. The molecular weight excluding hydrogens is 424 g/mol. The van der Waals surface area contributed by atoms with Gasteiger partial charge in [0.05, 0.1) is 10.9 Å². The van der Waals surface area contributed by atoms with Crippen LogP contribution in [0.5, 0.6) is 0 Å². The second-order valence-corrected chi connectivity index (χ2v) is 7.73. The van der Waals surface area contributed by atoms with Crippen LogP contribution >= 0.6 is 11.6 Å². The van der Waals surface area contributed by atoms with Crippen molar-refractivity contribution in [3.63, 3.8) is 0 Å². The fourth-order valence-corrected chi connectivity index (χ4v) is 3.89. The Morgan fingerprint density at radius 2 is 1.66 bits per heavy atom. The van der Waals surface area contributed by atoms with E-state index in [4.69, 9.17) is 16.6 Å². The van der Waals surface area contributed by atoms with Crippen molar-refractivity contribution >= 4 is 40.3 Å². The minimum Gasteiger partial charge on any atom is -0.267 e. The fourth-order valence-electron chi connectivity index (χ4n) is 3.69. The number of hydrogen-bond acceptors (Lipinski definition) is 4. The number of nitrogens with zero attached hydrogens (tertiary/aromatic N) is 4. The van der Waals surface area contributed by atoms with Gasteiger partial charge in [0.2, 0.25) is 0 Å². The summed E-state index contributed by atoms with van der Waals surface area (Å²) in [6.45, 7) is 1.69. The first-order chi connectivity index (χ1) is 15.5. The molecule has 1 aliphatic heterocycles. The molecule has 1 aromatic heterocycles. The topological polar surface area (TPSA) is 67.6 Å². The van der Waals surface area contributed by atoms with E-state index in [9.17, 15) is 9.59 Å². The molecule has 2 heterocycles. The molecule has 0 fully saturated rings. The maximum Gasteiger partial charge on any atom is 0.297 e. The van der Waals surface area contributed by atoms with E-state index in [1.54, 1.807) is 49.4 Å². The Hall–Kier alpha value is -4.03. The maximum atomic E-state index is 13.5. The van der Waals surface area contributed by atoms with Crippen molar-refractivity contribution in [3.05, 3.63) is 105 Å². The molecule has 0 saturated heterocycles. The van der Waals surface area contributed by atoms with E-state index >= 15 is 0 Å². The van der Waals surface area contributed by atoms with Gasteiger partial charge in [-0.15, -0.1) is 0 Å². The third-order valence-electron chi connectivity index (χ3n) is 5.14. The molecule has 0 spiro atoms. The van der Waals surface area contributed by atoms with Crippen LogP contribution < -0.4 is 10.6 Å². The summed E-state index contributed by atoms with van der Waals surface area (Å²) >= 11 is 6.07. The zero-order chi connectivity index (χ0) is 22.2. The van der Waals surface area contributed by atoms with Crippen LogP contribution in [0.15, 0.2) is 94.3 Å². The minimum atomic E-state index is -0.418. The third-order valence-corrected chi connectivity index (χ3v) is 5.37. The molecule has 4 aromatic rings. The Morgan fingerprint density at radius 1 is 0.906 bits per heavy atom. The molecule has 0 atom stereocenters. The van der Waals surface area contributed by atoms with Gasteiger partial charge in [-0.3, -0.25) is 9.59 Å². The predicted molar refractivity (Wildman–Crippen MR) is 127 cm³/mol. The molecule has 1 aliphatic rings. The van der Waals surface area contributed by atoms with Crippen molar-refractivity contribution < 1.29 is 4.79 Å². The Bertz CT molecular complexity index is 1490. The minimum absolute atomic E-state index is 0.212. The second-order valence-electron chi connectivity index (χ2n) is 7.30. The predicted octanol–water partition coefficient (Wildman–Crippen LogP) is 4.65. The Balaban J connectivity index is 1.71. The normalized spacial score (nSPS) is 14.9. The summed E-state index contributed by atoms with van der Waals surface area (Å²) < 4.78 is 1.30. The van der Waals surface area contributed by atoms with Crippen LogP contribution in [0.2, 0.25) is 5.02 Å². The summed E-state index contributed by atoms with van der Waals surface area (Å²) in [6.07, 6.45) is 1.65. The molecular formula is C25H17ClN4O2. The lowest BCUT2D eigenvalue weighted by atomic mass is 10.2. The van der Waals surface area contributed by atoms with Crippen molar-refractivity contribution in [1.29, 1.82) is 0 Å². The highest BCUT2D eigenvalue weighted by Crippen LogP contribution is 2.24. The average molecular weight is 441 g/mol. The highest BCUT2D eigenvalue weighted by molar-refractivity contribution is 6.30. The number of hydrogen-bond donors (Lipinski definition) is 0. The summed E-state index contributed by atoms with van der Waals surface area (Å²) in [5.74, 6) is 0.319. The van der Waals surface area contributed by atoms with Crippen LogP contribution in [0.25, 0.3) is 28.4 Å². The summed E-state index contributed by atoms with van der Waals surface area (Å²) in [5.41, 5.74) is 1.88. The first-order valence-electron chi connectivity index (χ1n) is 9.97. The molecule has 6 nitrogen and oxygen atoms in total. The summed E-state index contributed by atoms with van der Waals surface area (Å²) in [4.78, 5) is 36.1. The Labute approximate surface area is 188 Å². The number of benzene rings is 3. The molecule has 0 radical (unpaired) electrons. The molecule has 3 aromatic carbocycles. The standard InChI is InChI=1S/C25H17ClN4O2/c1-16-27-22(15-17-8-7-11-19(26)14-17)25(32)29(16)30-23(18-9-3-2-4-10-18)28-21-13-6-5-12-20(21)24(30)31/h2-15H,1H3. The molecule has 0 aliphatic carbocycles. The van der Waals surface area contributed by atoms with Crippen LogP contribution in [0, 0.1) is 0 Å². The number of carbonyl (C=O) groups excluding carboxylic acids is 1. The van der Waals surface area contributed by atoms with E-state index in [2.05, 4.69) is 4.99 Å². The molecule has 1 amide bonds. The smallest absolute Gasteiger partial charge is 0.267 e. The number of amidine groups is 1. The number of halogens is 1. The number of carbonyl (C=O) groups is 1.